The molecule has 10 heavy (non-hydrogen) atoms. The Morgan fingerprint density at radius 2 is 2.00 bits per heavy atom. The van der Waals surface area contributed by atoms with Crippen molar-refractivity contribution in [2.75, 3.05) is 5.73 Å². The van der Waals surface area contributed by atoms with Crippen molar-refractivity contribution < 1.29 is 0 Å². The van der Waals surface area contributed by atoms with Crippen LogP contribution in [0.25, 0.3) is 0 Å². The van der Waals surface area contributed by atoms with Gasteiger partial charge in [0.2, 0.25) is 0 Å². The van der Waals surface area contributed by atoms with E-state index in [1.807, 2.05) is 13.8 Å². The predicted octanol–water partition coefficient (Wildman–Crippen LogP) is 2.34. The second-order valence-corrected chi connectivity index (χ2v) is 1.84. The van der Waals surface area contributed by atoms with Crippen LogP contribution in [-0.4, -0.2) is 4.98 Å². The maximum absolute atomic E-state index is 5.49. The standard InChI is InChI=1S/C5H5ClN2.C2H6/c6-4-1-2-5(7)8-3-4;1-2/h1-3H,(H2,7,8);1-2H3. The van der Waals surface area contributed by atoms with E-state index >= 15 is 0 Å². The van der Waals surface area contributed by atoms with Gasteiger partial charge in [-0.3, -0.25) is 0 Å². The summed E-state index contributed by atoms with van der Waals surface area (Å²) in [5.41, 5.74) is 5.26. The van der Waals surface area contributed by atoms with Crippen molar-refractivity contribution in [3.63, 3.8) is 0 Å². The molecule has 0 saturated heterocycles. The van der Waals surface area contributed by atoms with Crippen LogP contribution in [0, 0.1) is 0 Å². The summed E-state index contributed by atoms with van der Waals surface area (Å²) in [7, 11) is 0. The molecule has 2 nitrogen and oxygen atoms in total. The summed E-state index contributed by atoms with van der Waals surface area (Å²) in [6.45, 7) is 4.00. The van der Waals surface area contributed by atoms with Crippen molar-refractivity contribution in [2.45, 2.75) is 13.8 Å². The topological polar surface area (TPSA) is 38.9 Å². The van der Waals surface area contributed by atoms with Gasteiger partial charge < -0.3 is 5.73 Å². The van der Waals surface area contributed by atoms with Crippen LogP contribution in [0.1, 0.15) is 13.8 Å². The molecular weight excluding hydrogens is 148 g/mol. The van der Waals surface area contributed by atoms with Crippen LogP contribution in [0.3, 0.4) is 0 Å². The number of halogens is 1. The quantitative estimate of drug-likeness (QED) is 0.630. The van der Waals surface area contributed by atoms with E-state index in [4.69, 9.17) is 17.3 Å². The van der Waals surface area contributed by atoms with E-state index in [2.05, 4.69) is 4.98 Å². The highest BCUT2D eigenvalue weighted by Gasteiger charge is 1.83. The molecule has 1 heterocycles. The van der Waals surface area contributed by atoms with E-state index in [1.54, 1.807) is 12.1 Å². The molecule has 1 aromatic heterocycles. The highest BCUT2D eigenvalue weighted by Crippen LogP contribution is 2.05. The Morgan fingerprint density at radius 1 is 1.40 bits per heavy atom. The molecule has 0 fully saturated rings. The first kappa shape index (κ1) is 9.24. The zero-order valence-electron chi connectivity index (χ0n) is 6.13. The monoisotopic (exact) mass is 158 g/mol. The first-order valence-corrected chi connectivity index (χ1v) is 3.54. The van der Waals surface area contributed by atoms with E-state index in [9.17, 15) is 0 Å². The maximum Gasteiger partial charge on any atom is 0.123 e. The molecule has 0 aliphatic rings. The second-order valence-electron chi connectivity index (χ2n) is 1.40. The molecule has 2 N–H and O–H groups in total. The van der Waals surface area contributed by atoms with Crippen LogP contribution in [0.15, 0.2) is 18.3 Å². The van der Waals surface area contributed by atoms with Gasteiger partial charge in [-0.15, -0.1) is 0 Å². The lowest BCUT2D eigenvalue weighted by atomic mass is 10.5. The maximum atomic E-state index is 5.49. The van der Waals surface area contributed by atoms with E-state index in [1.165, 1.54) is 6.20 Å². The van der Waals surface area contributed by atoms with Crippen LogP contribution in [-0.2, 0) is 0 Å². The summed E-state index contributed by atoms with van der Waals surface area (Å²) in [5.74, 6) is 0.495. The van der Waals surface area contributed by atoms with Crippen LogP contribution in [0.5, 0.6) is 0 Å². The van der Waals surface area contributed by atoms with Crippen LogP contribution in [0.4, 0.5) is 5.82 Å². The molecule has 0 aromatic carbocycles. The minimum atomic E-state index is 0.495. The smallest absolute Gasteiger partial charge is 0.123 e. The van der Waals surface area contributed by atoms with Gasteiger partial charge in [0.15, 0.2) is 0 Å². The molecule has 0 saturated carbocycles. The summed E-state index contributed by atoms with van der Waals surface area (Å²) < 4.78 is 0. The normalized spacial score (nSPS) is 7.90. The van der Waals surface area contributed by atoms with Gasteiger partial charge in [0, 0.05) is 6.20 Å². The van der Waals surface area contributed by atoms with Gasteiger partial charge >= 0.3 is 0 Å². The lowest BCUT2D eigenvalue weighted by Gasteiger charge is -1.87. The number of nitrogen functional groups attached to an aromatic ring is 1. The largest absolute Gasteiger partial charge is 0.384 e. The molecule has 0 spiro atoms. The Morgan fingerprint density at radius 3 is 2.30 bits per heavy atom. The fraction of sp³-hybridized carbons (Fsp3) is 0.286. The molecule has 0 radical (unpaired) electrons. The second kappa shape index (κ2) is 5.06. The van der Waals surface area contributed by atoms with E-state index < -0.39 is 0 Å². The minimum absolute atomic E-state index is 0.495. The van der Waals surface area contributed by atoms with Gasteiger partial charge in [0.05, 0.1) is 5.02 Å². The molecule has 0 atom stereocenters. The summed E-state index contributed by atoms with van der Waals surface area (Å²) >= 11 is 5.49. The van der Waals surface area contributed by atoms with Gasteiger partial charge in [0.25, 0.3) is 0 Å². The third-order valence-corrected chi connectivity index (χ3v) is 0.974. The average Bonchev–Trinajstić information content (AvgIpc) is 2.00. The zero-order valence-corrected chi connectivity index (χ0v) is 6.89. The highest BCUT2D eigenvalue weighted by atomic mass is 35.5. The number of rotatable bonds is 0. The Bertz CT molecular complexity index is 150. The summed E-state index contributed by atoms with van der Waals surface area (Å²) in [6, 6.07) is 3.35. The molecule has 0 amide bonds. The lowest BCUT2D eigenvalue weighted by Crippen LogP contribution is -1.86. The predicted molar refractivity (Wildman–Crippen MR) is 45.0 cm³/mol. The molecule has 0 unspecified atom stereocenters. The van der Waals surface area contributed by atoms with Gasteiger partial charge in [-0.2, -0.15) is 0 Å². The molecule has 56 valence electrons. The van der Waals surface area contributed by atoms with Gasteiger partial charge in [-0.05, 0) is 12.1 Å². The van der Waals surface area contributed by atoms with Gasteiger partial charge in [-0.25, -0.2) is 4.98 Å². The van der Waals surface area contributed by atoms with Crippen molar-refractivity contribution >= 4 is 17.4 Å². The van der Waals surface area contributed by atoms with Crippen molar-refractivity contribution in [3.05, 3.63) is 23.4 Å². The molecular formula is C7H11ClN2. The molecule has 0 aliphatic carbocycles. The van der Waals surface area contributed by atoms with Crippen LogP contribution in [0.2, 0.25) is 5.02 Å². The Labute approximate surface area is 66.0 Å². The van der Waals surface area contributed by atoms with Crippen molar-refractivity contribution in [1.29, 1.82) is 0 Å². The van der Waals surface area contributed by atoms with Gasteiger partial charge in [-0.1, -0.05) is 25.4 Å². The third kappa shape index (κ3) is 3.30. The van der Waals surface area contributed by atoms with Crippen LogP contribution < -0.4 is 5.73 Å². The van der Waals surface area contributed by atoms with Crippen molar-refractivity contribution in [3.8, 4) is 0 Å². The zero-order chi connectivity index (χ0) is 7.98. The fourth-order valence-corrected chi connectivity index (χ4v) is 0.499. The molecule has 1 aromatic rings. The molecule has 1 rings (SSSR count). The van der Waals surface area contributed by atoms with Crippen molar-refractivity contribution in [2.24, 2.45) is 0 Å². The van der Waals surface area contributed by atoms with E-state index in [-0.39, 0.29) is 0 Å². The van der Waals surface area contributed by atoms with E-state index in [0.717, 1.165) is 0 Å². The third-order valence-electron chi connectivity index (χ3n) is 0.750. The minimum Gasteiger partial charge on any atom is -0.384 e. The number of pyridine rings is 1. The molecule has 0 bridgehead atoms. The average molecular weight is 159 g/mol. The summed E-state index contributed by atoms with van der Waals surface area (Å²) in [4.78, 5) is 3.72. The Balaban J connectivity index is 0.000000371. The molecule has 3 heteroatoms. The van der Waals surface area contributed by atoms with Gasteiger partial charge in [0.1, 0.15) is 5.82 Å². The van der Waals surface area contributed by atoms with E-state index in [0.29, 0.717) is 10.8 Å². The number of nitrogens with two attached hydrogens (primary N) is 1. The number of hydrogen-bond acceptors (Lipinski definition) is 2. The van der Waals surface area contributed by atoms with Crippen molar-refractivity contribution in [1.82, 2.24) is 4.98 Å². The van der Waals surface area contributed by atoms with Crippen LogP contribution >= 0.6 is 11.6 Å². The first-order chi connectivity index (χ1) is 4.79. The molecule has 0 aliphatic heterocycles. The highest BCUT2D eigenvalue weighted by molar-refractivity contribution is 6.30. The summed E-state index contributed by atoms with van der Waals surface area (Å²) in [6.07, 6.45) is 1.51. The summed E-state index contributed by atoms with van der Waals surface area (Å²) in [5, 5.41) is 0.610. The number of nitrogens with zero attached hydrogens (tertiary/aromatic N) is 1. The lowest BCUT2D eigenvalue weighted by molar-refractivity contribution is 1.34. The fourth-order valence-electron chi connectivity index (χ4n) is 0.387. The number of hydrogen-bond donors (Lipinski definition) is 1. The Kier molecular flexibility index (Phi) is 4.67. The Hall–Kier alpha value is -0.760. The first-order valence-electron chi connectivity index (χ1n) is 3.16. The number of aromatic nitrogens is 1. The number of anilines is 1. The SMILES string of the molecule is CC.Nc1ccc(Cl)cn1.